The van der Waals surface area contributed by atoms with E-state index >= 15 is 0 Å². The Kier molecular flexibility index (Phi) is 6.81. The Bertz CT molecular complexity index is 1730. The number of aromatic nitrogens is 3. The predicted octanol–water partition coefficient (Wildman–Crippen LogP) is 3.50. The van der Waals surface area contributed by atoms with Gasteiger partial charge in [0, 0.05) is 30.7 Å². The number of amides is 1. The molecule has 3 heterocycles. The molecule has 8 nitrogen and oxygen atoms in total. The van der Waals surface area contributed by atoms with Crippen LogP contribution in [0.3, 0.4) is 0 Å². The van der Waals surface area contributed by atoms with E-state index in [1.165, 1.54) is 15.3 Å². The maximum atomic E-state index is 14.1. The number of carbonyl (C=O) groups is 1. The number of carbonyl (C=O) groups excluding carboxylic acids is 1. The van der Waals surface area contributed by atoms with Crippen molar-refractivity contribution < 1.29 is 27.4 Å². The number of pyridine rings is 1. The Hall–Kier alpha value is -4.67. The molecule has 39 heavy (non-hydrogen) atoms. The minimum atomic E-state index is -1.18. The van der Waals surface area contributed by atoms with Gasteiger partial charge in [-0.3, -0.25) is 9.59 Å². The first kappa shape index (κ1) is 26.0. The zero-order valence-corrected chi connectivity index (χ0v) is 20.9. The van der Waals surface area contributed by atoms with Gasteiger partial charge in [0.15, 0.2) is 0 Å². The summed E-state index contributed by atoms with van der Waals surface area (Å²) in [6.07, 6.45) is 3.92. The zero-order chi connectivity index (χ0) is 27.8. The number of hydrogen-bond donors (Lipinski definition) is 1. The summed E-state index contributed by atoms with van der Waals surface area (Å²) >= 11 is 0. The van der Waals surface area contributed by atoms with Crippen molar-refractivity contribution in [3.8, 4) is 5.75 Å². The molecule has 0 fully saturated rings. The van der Waals surface area contributed by atoms with Gasteiger partial charge < -0.3 is 10.1 Å². The maximum Gasteiger partial charge on any atom is 0.370 e. The summed E-state index contributed by atoms with van der Waals surface area (Å²) in [5.74, 6) is -4.76. The number of rotatable bonds is 6. The van der Waals surface area contributed by atoms with E-state index < -0.39 is 52.0 Å². The van der Waals surface area contributed by atoms with Gasteiger partial charge in [0.2, 0.25) is 16.7 Å². The van der Waals surface area contributed by atoms with Crippen molar-refractivity contribution in [1.29, 1.82) is 0 Å². The molecule has 1 N–H and O–H groups in total. The fraction of sp³-hybridized carbons (Fsp3) is 0.214. The van der Waals surface area contributed by atoms with Crippen LogP contribution < -0.4 is 25.7 Å². The van der Waals surface area contributed by atoms with Gasteiger partial charge in [-0.25, -0.2) is 18.0 Å². The minimum absolute atomic E-state index is 0.0619. The molecular formula is C28H24F3N4O4+. The van der Waals surface area contributed by atoms with Gasteiger partial charge in [-0.1, -0.05) is 36.9 Å². The number of nitrogens with zero attached hydrogens (tertiary/aromatic N) is 3. The molecule has 2 aromatic heterocycles. The Morgan fingerprint density at radius 2 is 1.85 bits per heavy atom. The highest BCUT2D eigenvalue weighted by molar-refractivity contribution is 5.94. The fourth-order valence-electron chi connectivity index (χ4n) is 4.51. The second-order valence-corrected chi connectivity index (χ2v) is 9.32. The standard InChI is InChI=1S/C28H23F3N4O4/c1-16-8-9-17(2)35-15-33(16)28(38)24-26(39-14-18-6-4-3-5-7-18)25(36)21(13-34(24)35)27(37)32-12-20-22(30)10-19(29)11-23(20)31/h3-7,10-11,13,15,17H,1,8-9,12,14H2,2H3/p+1/t17-/m1/s1. The minimum Gasteiger partial charge on any atom is -0.482 e. The lowest BCUT2D eigenvalue weighted by molar-refractivity contribution is -0.786. The van der Waals surface area contributed by atoms with E-state index in [0.717, 1.165) is 5.56 Å². The van der Waals surface area contributed by atoms with Gasteiger partial charge in [0.05, 0.1) is 6.20 Å². The summed E-state index contributed by atoms with van der Waals surface area (Å²) in [5, 5.41) is 2.31. The smallest absolute Gasteiger partial charge is 0.370 e. The summed E-state index contributed by atoms with van der Waals surface area (Å²) < 4.78 is 51.8. The van der Waals surface area contributed by atoms with E-state index in [-0.39, 0.29) is 23.9 Å². The average Bonchev–Trinajstić information content (AvgIpc) is 3.03. The van der Waals surface area contributed by atoms with Crippen molar-refractivity contribution in [3.63, 3.8) is 0 Å². The van der Waals surface area contributed by atoms with Crippen LogP contribution in [0.1, 0.15) is 47.3 Å². The topological polar surface area (TPSA) is 85.7 Å². The van der Waals surface area contributed by atoms with Crippen molar-refractivity contribution in [2.45, 2.75) is 39.0 Å². The van der Waals surface area contributed by atoms with Crippen molar-refractivity contribution in [1.82, 2.24) is 14.4 Å². The van der Waals surface area contributed by atoms with Crippen LogP contribution >= 0.6 is 0 Å². The van der Waals surface area contributed by atoms with Crippen LogP contribution in [-0.2, 0) is 13.2 Å². The lowest BCUT2D eigenvalue weighted by Gasteiger charge is -2.15. The molecule has 4 aromatic rings. The number of allylic oxidation sites excluding steroid dienone is 1. The molecule has 200 valence electrons. The monoisotopic (exact) mass is 537 g/mol. The molecular weight excluding hydrogens is 513 g/mol. The molecule has 1 atom stereocenters. The fourth-order valence-corrected chi connectivity index (χ4v) is 4.51. The van der Waals surface area contributed by atoms with Crippen LogP contribution in [0.4, 0.5) is 13.2 Å². The van der Waals surface area contributed by atoms with Crippen LogP contribution in [0, 0.1) is 17.5 Å². The van der Waals surface area contributed by atoms with Crippen LogP contribution in [-0.4, -0.2) is 15.0 Å². The number of nitrogens with one attached hydrogen (secondary N) is 1. The van der Waals surface area contributed by atoms with Crippen LogP contribution in [0.2, 0.25) is 0 Å². The second-order valence-electron chi connectivity index (χ2n) is 9.32. The number of ether oxygens (including phenoxy) is 1. The summed E-state index contributed by atoms with van der Waals surface area (Å²) in [6.45, 7) is 5.20. The average molecular weight is 538 g/mol. The van der Waals surface area contributed by atoms with E-state index in [1.54, 1.807) is 35.3 Å². The molecule has 1 aliphatic heterocycles. The molecule has 0 saturated heterocycles. The third kappa shape index (κ3) is 4.83. The lowest BCUT2D eigenvalue weighted by atomic mass is 10.1. The van der Waals surface area contributed by atoms with Crippen molar-refractivity contribution in [2.24, 2.45) is 0 Å². The Labute approximate surface area is 220 Å². The number of hydrogen-bond acceptors (Lipinski definition) is 4. The summed E-state index contributed by atoms with van der Waals surface area (Å²) in [5.41, 5.74) is -1.21. The highest BCUT2D eigenvalue weighted by Gasteiger charge is 2.30. The van der Waals surface area contributed by atoms with Crippen molar-refractivity contribution in [2.75, 3.05) is 0 Å². The van der Waals surface area contributed by atoms with Crippen LogP contribution in [0.25, 0.3) is 11.2 Å². The van der Waals surface area contributed by atoms with Gasteiger partial charge >= 0.3 is 5.56 Å². The quantitative estimate of drug-likeness (QED) is 0.382. The molecule has 1 aliphatic rings. The maximum absolute atomic E-state index is 14.1. The Balaban J connectivity index is 1.64. The molecule has 2 bridgehead atoms. The molecule has 11 heteroatoms. The number of fused-ring (bicyclic) bond motifs is 4. The molecule has 0 aliphatic carbocycles. The highest BCUT2D eigenvalue weighted by atomic mass is 19.1. The van der Waals surface area contributed by atoms with Gasteiger partial charge in [0.25, 0.3) is 12.2 Å². The molecule has 0 radical (unpaired) electrons. The van der Waals surface area contributed by atoms with Crippen molar-refractivity contribution >= 4 is 17.1 Å². The first-order valence-electron chi connectivity index (χ1n) is 12.2. The van der Waals surface area contributed by atoms with E-state index in [4.69, 9.17) is 4.74 Å². The largest absolute Gasteiger partial charge is 0.482 e. The SMILES string of the molecule is C=C1CC[C@@H](C)[n+]2cn1c(=O)c1c(OCc3ccccc3)c(=O)c(C(=O)NCc3c(F)cc(F)cc3F)cn12. The summed E-state index contributed by atoms with van der Waals surface area (Å²) in [7, 11) is 0. The first-order chi connectivity index (χ1) is 18.7. The molecule has 0 spiro atoms. The summed E-state index contributed by atoms with van der Waals surface area (Å²) in [6, 6.07) is 9.78. The van der Waals surface area contributed by atoms with Crippen LogP contribution in [0.5, 0.6) is 5.75 Å². The van der Waals surface area contributed by atoms with Gasteiger partial charge in [0.1, 0.15) is 41.4 Å². The molecule has 2 aromatic carbocycles. The molecule has 0 unspecified atom stereocenters. The normalized spacial score (nSPS) is 14.8. The van der Waals surface area contributed by atoms with Gasteiger partial charge in [-0.15, -0.1) is 0 Å². The lowest BCUT2D eigenvalue weighted by Crippen LogP contribution is -2.49. The summed E-state index contributed by atoms with van der Waals surface area (Å²) in [4.78, 5) is 40.3. The van der Waals surface area contributed by atoms with E-state index in [1.807, 2.05) is 13.0 Å². The number of halogens is 3. The predicted molar refractivity (Wildman–Crippen MR) is 136 cm³/mol. The molecule has 1 amide bonds. The van der Waals surface area contributed by atoms with Crippen molar-refractivity contribution in [3.05, 3.63) is 116 Å². The molecule has 5 rings (SSSR count). The van der Waals surface area contributed by atoms with E-state index in [2.05, 4.69) is 11.9 Å². The first-order valence-corrected chi connectivity index (χ1v) is 12.2. The van der Waals surface area contributed by atoms with E-state index in [0.29, 0.717) is 30.7 Å². The van der Waals surface area contributed by atoms with E-state index in [9.17, 15) is 27.6 Å². The Morgan fingerprint density at radius 1 is 1.15 bits per heavy atom. The highest BCUT2D eigenvalue weighted by Crippen LogP contribution is 2.21. The second kappa shape index (κ2) is 10.2. The zero-order valence-electron chi connectivity index (χ0n) is 20.9. The third-order valence-electron chi connectivity index (χ3n) is 6.70. The molecule has 0 saturated carbocycles. The Morgan fingerprint density at radius 3 is 2.54 bits per heavy atom. The van der Waals surface area contributed by atoms with Gasteiger partial charge in [-0.2, -0.15) is 13.8 Å². The van der Waals surface area contributed by atoms with Crippen LogP contribution in [0.15, 0.2) is 71.2 Å². The number of benzene rings is 2. The third-order valence-corrected chi connectivity index (χ3v) is 6.70. The van der Waals surface area contributed by atoms with Gasteiger partial charge in [-0.05, 0) is 18.9 Å².